The quantitative estimate of drug-likeness (QED) is 0.638. The smallest absolute Gasteiger partial charge is 0.357 e. The van der Waals surface area contributed by atoms with Crippen LogP contribution in [0.3, 0.4) is 0 Å². The highest BCUT2D eigenvalue weighted by Crippen LogP contribution is 2.22. The molecule has 2 heterocycles. The van der Waals surface area contributed by atoms with Crippen molar-refractivity contribution in [3.63, 3.8) is 0 Å². The van der Waals surface area contributed by atoms with E-state index in [9.17, 15) is 14.4 Å². The topological polar surface area (TPSA) is 93.5 Å². The Morgan fingerprint density at radius 3 is 2.72 bits per heavy atom. The molecule has 1 aliphatic rings. The zero-order chi connectivity index (χ0) is 17.8. The molecule has 1 fully saturated rings. The van der Waals surface area contributed by atoms with E-state index >= 15 is 0 Å². The molecule has 0 aliphatic carbocycles. The predicted octanol–water partition coefficient (Wildman–Crippen LogP) is 1.30. The molecule has 1 aliphatic heterocycles. The number of amides is 3. The first kappa shape index (κ1) is 17.0. The fraction of sp³-hybridized carbons (Fsp3) is 0.250. The number of imide groups is 1. The van der Waals surface area contributed by atoms with E-state index in [1.165, 1.54) is 18.0 Å². The van der Waals surface area contributed by atoms with Gasteiger partial charge in [0.05, 0.1) is 6.20 Å². The van der Waals surface area contributed by atoms with Gasteiger partial charge in [0.15, 0.2) is 17.5 Å². The van der Waals surface area contributed by atoms with Crippen LogP contribution in [0.5, 0.6) is 0 Å². The largest absolute Gasteiger partial charge is 0.451 e. The Morgan fingerprint density at radius 1 is 1.32 bits per heavy atom. The lowest BCUT2D eigenvalue weighted by molar-refractivity contribution is -0.130. The van der Waals surface area contributed by atoms with Crippen LogP contribution in [0.25, 0.3) is 5.69 Å². The van der Waals surface area contributed by atoms with Crippen LogP contribution in [0.1, 0.15) is 10.5 Å². The highest BCUT2D eigenvalue weighted by Gasteiger charge is 2.27. The van der Waals surface area contributed by atoms with Gasteiger partial charge in [0.2, 0.25) is 0 Å². The molecule has 2 aromatic rings. The van der Waals surface area contributed by atoms with Crippen molar-refractivity contribution in [1.29, 1.82) is 0 Å². The van der Waals surface area contributed by atoms with Crippen LogP contribution in [-0.4, -0.2) is 58.3 Å². The van der Waals surface area contributed by atoms with E-state index in [2.05, 4.69) is 10.3 Å². The van der Waals surface area contributed by atoms with Gasteiger partial charge in [0.1, 0.15) is 0 Å². The second-order valence-corrected chi connectivity index (χ2v) is 5.93. The number of carbonyl (C=O) groups excluding carboxylic acids is 3. The minimum absolute atomic E-state index is 0.217. The molecule has 0 bridgehead atoms. The maximum atomic E-state index is 12.4. The van der Waals surface area contributed by atoms with Crippen molar-refractivity contribution in [3.05, 3.63) is 42.2 Å². The second-order valence-electron chi connectivity index (χ2n) is 5.15. The number of carbonyl (C=O) groups is 3. The number of benzene rings is 1. The van der Waals surface area contributed by atoms with Crippen molar-refractivity contribution in [2.75, 3.05) is 26.0 Å². The molecule has 3 rings (SSSR count). The maximum absolute atomic E-state index is 12.4. The molecule has 1 N–H and O–H groups in total. The molecule has 130 valence electrons. The number of hydrogen-bond acceptors (Lipinski definition) is 6. The van der Waals surface area contributed by atoms with Gasteiger partial charge in [-0.2, -0.15) is 0 Å². The summed E-state index contributed by atoms with van der Waals surface area (Å²) in [5.41, 5.74) is 0.982. The predicted molar refractivity (Wildman–Crippen MR) is 90.7 cm³/mol. The standard InChI is InChI=1S/C16H16N4O4S/c1-25-16-18-9-12(20(16)11-5-3-2-4-6-11)14(22)24-10-13(21)19-8-7-17-15(19)23/h2-6,9H,7-8,10H2,1H3,(H,17,23). The molecule has 0 unspecified atom stereocenters. The summed E-state index contributed by atoms with van der Waals surface area (Å²) >= 11 is 1.39. The van der Waals surface area contributed by atoms with E-state index < -0.39 is 24.5 Å². The number of nitrogens with zero attached hydrogens (tertiary/aromatic N) is 3. The number of aromatic nitrogens is 2. The van der Waals surface area contributed by atoms with Gasteiger partial charge in [0.25, 0.3) is 5.91 Å². The third kappa shape index (κ3) is 3.50. The Kier molecular flexibility index (Phi) is 5.03. The van der Waals surface area contributed by atoms with Gasteiger partial charge >= 0.3 is 12.0 Å². The lowest BCUT2D eigenvalue weighted by atomic mass is 10.3. The molecule has 3 amide bonds. The Bertz CT molecular complexity index is 806. The molecule has 1 aromatic carbocycles. The summed E-state index contributed by atoms with van der Waals surface area (Å²) in [5.74, 6) is -1.23. The van der Waals surface area contributed by atoms with E-state index in [1.54, 1.807) is 4.57 Å². The molecule has 25 heavy (non-hydrogen) atoms. The number of para-hydroxylation sites is 1. The normalized spacial score (nSPS) is 13.6. The zero-order valence-corrected chi connectivity index (χ0v) is 14.3. The number of ether oxygens (including phenoxy) is 1. The number of urea groups is 1. The van der Waals surface area contributed by atoms with Gasteiger partial charge in [-0.05, 0) is 18.4 Å². The Balaban J connectivity index is 1.75. The van der Waals surface area contributed by atoms with Crippen molar-refractivity contribution in [2.24, 2.45) is 0 Å². The molecule has 0 spiro atoms. The molecule has 0 saturated carbocycles. The monoisotopic (exact) mass is 360 g/mol. The first-order valence-corrected chi connectivity index (χ1v) is 8.76. The summed E-state index contributed by atoms with van der Waals surface area (Å²) < 4.78 is 6.76. The van der Waals surface area contributed by atoms with E-state index in [0.29, 0.717) is 11.7 Å². The number of esters is 1. The fourth-order valence-corrected chi connectivity index (χ4v) is 2.98. The lowest BCUT2D eigenvalue weighted by Gasteiger charge is -2.13. The number of imidazole rings is 1. The van der Waals surface area contributed by atoms with Crippen molar-refractivity contribution in [2.45, 2.75) is 5.16 Å². The SMILES string of the molecule is CSc1ncc(C(=O)OCC(=O)N2CCNC2=O)n1-c1ccccc1. The Morgan fingerprint density at radius 2 is 2.08 bits per heavy atom. The average molecular weight is 360 g/mol. The molecule has 1 saturated heterocycles. The van der Waals surface area contributed by atoms with Crippen molar-refractivity contribution in [3.8, 4) is 5.69 Å². The van der Waals surface area contributed by atoms with Crippen molar-refractivity contribution < 1.29 is 19.1 Å². The molecular formula is C16H16N4O4S. The average Bonchev–Trinajstić information content (AvgIpc) is 3.26. The maximum Gasteiger partial charge on any atom is 0.357 e. The van der Waals surface area contributed by atoms with Crippen LogP contribution in [0, 0.1) is 0 Å². The summed E-state index contributed by atoms with van der Waals surface area (Å²) in [6.45, 7) is 0.172. The minimum atomic E-state index is -0.676. The van der Waals surface area contributed by atoms with E-state index in [-0.39, 0.29) is 12.2 Å². The third-order valence-corrected chi connectivity index (χ3v) is 4.27. The number of nitrogens with one attached hydrogen (secondary N) is 1. The zero-order valence-electron chi connectivity index (χ0n) is 13.5. The highest BCUT2D eigenvalue weighted by molar-refractivity contribution is 7.98. The first-order valence-electron chi connectivity index (χ1n) is 7.54. The number of hydrogen-bond donors (Lipinski definition) is 1. The summed E-state index contributed by atoms with van der Waals surface area (Å²) in [6, 6.07) is 8.79. The van der Waals surface area contributed by atoms with Gasteiger partial charge in [-0.1, -0.05) is 30.0 Å². The van der Waals surface area contributed by atoms with Crippen molar-refractivity contribution in [1.82, 2.24) is 19.8 Å². The lowest BCUT2D eigenvalue weighted by Crippen LogP contribution is -2.37. The molecule has 1 aromatic heterocycles. The van der Waals surface area contributed by atoms with Gasteiger partial charge in [-0.3, -0.25) is 14.3 Å². The summed E-state index contributed by atoms with van der Waals surface area (Å²) in [6.07, 6.45) is 3.26. The number of thioether (sulfide) groups is 1. The third-order valence-electron chi connectivity index (χ3n) is 3.62. The van der Waals surface area contributed by atoms with Crippen molar-refractivity contribution >= 4 is 29.7 Å². The summed E-state index contributed by atoms with van der Waals surface area (Å²) in [4.78, 5) is 41.1. The molecule has 0 atom stereocenters. The fourth-order valence-electron chi connectivity index (χ4n) is 2.44. The van der Waals surface area contributed by atoms with Crippen LogP contribution in [0.15, 0.2) is 41.7 Å². The van der Waals surface area contributed by atoms with Gasteiger partial charge in [-0.25, -0.2) is 14.6 Å². The van der Waals surface area contributed by atoms with E-state index in [4.69, 9.17) is 4.74 Å². The summed E-state index contributed by atoms with van der Waals surface area (Å²) in [5, 5.41) is 3.15. The Hall–Kier alpha value is -2.81. The van der Waals surface area contributed by atoms with Crippen LogP contribution >= 0.6 is 11.8 Å². The van der Waals surface area contributed by atoms with E-state index in [1.807, 2.05) is 36.6 Å². The van der Waals surface area contributed by atoms with Crippen LogP contribution < -0.4 is 5.32 Å². The second kappa shape index (κ2) is 7.39. The van der Waals surface area contributed by atoms with Gasteiger partial charge < -0.3 is 10.1 Å². The first-order chi connectivity index (χ1) is 12.1. The molecular weight excluding hydrogens is 344 g/mol. The minimum Gasteiger partial charge on any atom is -0.451 e. The molecule has 8 nitrogen and oxygen atoms in total. The van der Waals surface area contributed by atoms with Crippen LogP contribution in [0.2, 0.25) is 0 Å². The summed E-state index contributed by atoms with van der Waals surface area (Å²) in [7, 11) is 0. The van der Waals surface area contributed by atoms with Crippen LogP contribution in [-0.2, 0) is 9.53 Å². The molecule has 9 heteroatoms. The number of rotatable bonds is 5. The Labute approximate surface area is 148 Å². The van der Waals surface area contributed by atoms with E-state index in [0.717, 1.165) is 10.6 Å². The van der Waals surface area contributed by atoms with Gasteiger partial charge in [0, 0.05) is 18.8 Å². The molecule has 0 radical (unpaired) electrons. The van der Waals surface area contributed by atoms with Gasteiger partial charge in [-0.15, -0.1) is 0 Å². The van der Waals surface area contributed by atoms with Crippen LogP contribution in [0.4, 0.5) is 4.79 Å². The highest BCUT2D eigenvalue weighted by atomic mass is 32.2.